The molecule has 6 nitrogen and oxygen atoms in total. The van der Waals surface area contributed by atoms with Crippen LogP contribution < -0.4 is 5.32 Å². The molecule has 6 heteroatoms. The normalized spacial score (nSPS) is 11.4. The molecule has 0 heterocycles. The molecule has 0 spiro atoms. The molecule has 108 valence electrons. The molecule has 0 aromatic heterocycles. The number of carboxylic acids is 1. The Labute approximate surface area is 117 Å². The van der Waals surface area contributed by atoms with Crippen LogP contribution in [0.3, 0.4) is 0 Å². The molecule has 0 aliphatic carbocycles. The van der Waals surface area contributed by atoms with Crippen LogP contribution >= 0.6 is 0 Å². The number of ether oxygens (including phenoxy) is 2. The van der Waals surface area contributed by atoms with Crippen molar-refractivity contribution in [2.75, 3.05) is 13.2 Å². The van der Waals surface area contributed by atoms with Crippen molar-refractivity contribution in [1.82, 2.24) is 5.32 Å². The molecule has 0 saturated carbocycles. The fourth-order valence-corrected chi connectivity index (χ4v) is 1.35. The summed E-state index contributed by atoms with van der Waals surface area (Å²) in [5.41, 5.74) is 0.817. The molecule has 0 fully saturated rings. The van der Waals surface area contributed by atoms with Gasteiger partial charge in [-0.3, -0.25) is 0 Å². The second kappa shape index (κ2) is 8.71. The van der Waals surface area contributed by atoms with Crippen molar-refractivity contribution in [3.05, 3.63) is 48.6 Å². The van der Waals surface area contributed by atoms with Gasteiger partial charge >= 0.3 is 12.1 Å². The van der Waals surface area contributed by atoms with E-state index in [2.05, 4.69) is 11.9 Å². The van der Waals surface area contributed by atoms with Crippen molar-refractivity contribution in [1.29, 1.82) is 0 Å². The second-order valence-corrected chi connectivity index (χ2v) is 3.92. The molecule has 1 rings (SSSR count). The standard InChI is InChI=1S/C14H17NO5/c1-2-8-19-10-12(13(16)17)15-14(18)20-9-11-6-4-3-5-7-11/h2-7,12H,1,8-10H2,(H,15,18)(H,16,17). The average molecular weight is 279 g/mol. The molecule has 0 radical (unpaired) electrons. The Bertz CT molecular complexity index is 446. The third-order valence-corrected chi connectivity index (χ3v) is 2.32. The number of aliphatic carboxylic acids is 1. The highest BCUT2D eigenvalue weighted by molar-refractivity contribution is 5.80. The van der Waals surface area contributed by atoms with Crippen LogP contribution in [-0.2, 0) is 20.9 Å². The van der Waals surface area contributed by atoms with Gasteiger partial charge in [0.15, 0.2) is 6.04 Å². The first-order valence-corrected chi connectivity index (χ1v) is 6.02. The highest BCUT2D eigenvalue weighted by Crippen LogP contribution is 2.01. The van der Waals surface area contributed by atoms with Crippen molar-refractivity contribution in [2.24, 2.45) is 0 Å². The SMILES string of the molecule is C=CCOCC(NC(=O)OCc1ccccc1)C(=O)O. The van der Waals surface area contributed by atoms with Gasteiger partial charge in [0.25, 0.3) is 0 Å². The minimum absolute atomic E-state index is 0.0759. The molecule has 1 aromatic rings. The van der Waals surface area contributed by atoms with Crippen LogP contribution in [0.25, 0.3) is 0 Å². The molecule has 1 unspecified atom stereocenters. The first-order valence-electron chi connectivity index (χ1n) is 6.02. The van der Waals surface area contributed by atoms with Gasteiger partial charge in [-0.25, -0.2) is 9.59 Å². The molecule has 1 atom stereocenters. The summed E-state index contributed by atoms with van der Waals surface area (Å²) < 4.78 is 9.93. The molecule has 0 aliphatic heterocycles. The summed E-state index contributed by atoms with van der Waals surface area (Å²) >= 11 is 0. The number of hydrogen-bond donors (Lipinski definition) is 2. The predicted molar refractivity (Wildman–Crippen MR) is 72.2 cm³/mol. The van der Waals surface area contributed by atoms with E-state index >= 15 is 0 Å². The summed E-state index contributed by atoms with van der Waals surface area (Å²) in [6.07, 6.45) is 0.690. The number of carbonyl (C=O) groups is 2. The molecular weight excluding hydrogens is 262 g/mol. The van der Waals surface area contributed by atoms with Gasteiger partial charge in [0.1, 0.15) is 6.61 Å². The van der Waals surface area contributed by atoms with Crippen LogP contribution in [0.15, 0.2) is 43.0 Å². The van der Waals surface area contributed by atoms with Gasteiger partial charge in [-0.1, -0.05) is 36.4 Å². The van der Waals surface area contributed by atoms with Crippen LogP contribution in [0.2, 0.25) is 0 Å². The lowest BCUT2D eigenvalue weighted by Gasteiger charge is -2.14. The van der Waals surface area contributed by atoms with E-state index in [9.17, 15) is 9.59 Å². The summed E-state index contributed by atoms with van der Waals surface area (Å²) in [5.74, 6) is -1.19. The van der Waals surface area contributed by atoms with Crippen molar-refractivity contribution in [3.8, 4) is 0 Å². The monoisotopic (exact) mass is 279 g/mol. The van der Waals surface area contributed by atoms with Gasteiger partial charge in [0.2, 0.25) is 0 Å². The van der Waals surface area contributed by atoms with Crippen LogP contribution in [0.5, 0.6) is 0 Å². The largest absolute Gasteiger partial charge is 0.480 e. The van der Waals surface area contributed by atoms with E-state index in [1.165, 1.54) is 6.08 Å². The highest BCUT2D eigenvalue weighted by atomic mass is 16.5. The van der Waals surface area contributed by atoms with E-state index < -0.39 is 18.1 Å². The Balaban J connectivity index is 2.37. The Morgan fingerprint density at radius 2 is 2.05 bits per heavy atom. The van der Waals surface area contributed by atoms with Gasteiger partial charge < -0.3 is 19.9 Å². The summed E-state index contributed by atoms with van der Waals surface area (Å²) in [7, 11) is 0. The maximum Gasteiger partial charge on any atom is 0.408 e. The number of nitrogens with one attached hydrogen (secondary N) is 1. The van der Waals surface area contributed by atoms with Crippen molar-refractivity contribution < 1.29 is 24.2 Å². The molecule has 1 amide bonds. The van der Waals surface area contributed by atoms with E-state index in [1.54, 1.807) is 12.1 Å². The number of rotatable bonds is 8. The van der Waals surface area contributed by atoms with Crippen molar-refractivity contribution >= 4 is 12.1 Å². The van der Waals surface area contributed by atoms with E-state index in [-0.39, 0.29) is 19.8 Å². The molecule has 0 bridgehead atoms. The lowest BCUT2D eigenvalue weighted by atomic mass is 10.2. The summed E-state index contributed by atoms with van der Waals surface area (Å²) in [6, 6.07) is 7.93. The summed E-state index contributed by atoms with van der Waals surface area (Å²) in [4.78, 5) is 22.4. The molecular formula is C14H17NO5. The number of hydrogen-bond acceptors (Lipinski definition) is 4. The van der Waals surface area contributed by atoms with Gasteiger partial charge in [0, 0.05) is 0 Å². The lowest BCUT2D eigenvalue weighted by Crippen LogP contribution is -2.44. The second-order valence-electron chi connectivity index (χ2n) is 3.92. The van der Waals surface area contributed by atoms with Crippen molar-refractivity contribution in [3.63, 3.8) is 0 Å². The third-order valence-electron chi connectivity index (χ3n) is 2.32. The van der Waals surface area contributed by atoms with Gasteiger partial charge in [0.05, 0.1) is 13.2 Å². The van der Waals surface area contributed by atoms with Crippen LogP contribution in [0, 0.1) is 0 Å². The van der Waals surface area contributed by atoms with Crippen LogP contribution in [-0.4, -0.2) is 36.4 Å². The summed E-state index contributed by atoms with van der Waals surface area (Å²) in [6.45, 7) is 3.58. The third kappa shape index (κ3) is 6.01. The topological polar surface area (TPSA) is 84.9 Å². The first kappa shape index (κ1) is 15.7. The Morgan fingerprint density at radius 3 is 2.65 bits per heavy atom. The number of benzene rings is 1. The van der Waals surface area contributed by atoms with Gasteiger partial charge in [-0.15, -0.1) is 6.58 Å². The smallest absolute Gasteiger partial charge is 0.408 e. The zero-order valence-electron chi connectivity index (χ0n) is 11.0. The average Bonchev–Trinajstić information content (AvgIpc) is 2.45. The quantitative estimate of drug-likeness (QED) is 0.557. The van der Waals surface area contributed by atoms with Crippen LogP contribution in [0.1, 0.15) is 5.56 Å². The number of carbonyl (C=O) groups excluding carboxylic acids is 1. The van der Waals surface area contributed by atoms with E-state index in [1.807, 2.05) is 18.2 Å². The van der Waals surface area contributed by atoms with Crippen LogP contribution in [0.4, 0.5) is 4.79 Å². The highest BCUT2D eigenvalue weighted by Gasteiger charge is 2.20. The molecule has 2 N–H and O–H groups in total. The lowest BCUT2D eigenvalue weighted by molar-refractivity contribution is -0.140. The molecule has 1 aromatic carbocycles. The fourth-order valence-electron chi connectivity index (χ4n) is 1.35. The van der Waals surface area contributed by atoms with Crippen molar-refractivity contribution in [2.45, 2.75) is 12.6 Å². The number of alkyl carbamates (subject to hydrolysis) is 1. The fraction of sp³-hybridized carbons (Fsp3) is 0.286. The maximum absolute atomic E-state index is 11.5. The number of amides is 1. The maximum atomic E-state index is 11.5. The molecule has 20 heavy (non-hydrogen) atoms. The van der Waals surface area contributed by atoms with E-state index in [0.717, 1.165) is 5.56 Å². The number of carboxylic acid groups (broad SMARTS) is 1. The Morgan fingerprint density at radius 1 is 1.35 bits per heavy atom. The zero-order chi connectivity index (χ0) is 14.8. The Kier molecular flexibility index (Phi) is 6.84. The molecule has 0 aliphatic rings. The first-order chi connectivity index (χ1) is 9.63. The zero-order valence-corrected chi connectivity index (χ0v) is 11.0. The summed E-state index contributed by atoms with van der Waals surface area (Å²) in [5, 5.41) is 11.2. The predicted octanol–water partition coefficient (Wildman–Crippen LogP) is 1.57. The van der Waals surface area contributed by atoms with Gasteiger partial charge in [-0.2, -0.15) is 0 Å². The van der Waals surface area contributed by atoms with Gasteiger partial charge in [-0.05, 0) is 5.56 Å². The minimum Gasteiger partial charge on any atom is -0.480 e. The Hall–Kier alpha value is -2.34. The minimum atomic E-state index is -1.19. The van der Waals surface area contributed by atoms with E-state index in [0.29, 0.717) is 0 Å². The van der Waals surface area contributed by atoms with E-state index in [4.69, 9.17) is 14.6 Å². The molecule has 0 saturated heterocycles.